The predicted octanol–water partition coefficient (Wildman–Crippen LogP) is 5.11. The molecule has 3 aromatic carbocycles. The first kappa shape index (κ1) is 20.0. The van der Waals surface area contributed by atoms with E-state index in [1.54, 1.807) is 6.20 Å². The van der Waals surface area contributed by atoms with Crippen LogP contribution in [0.5, 0.6) is 0 Å². The van der Waals surface area contributed by atoms with Gasteiger partial charge >= 0.3 is 12.1 Å². The second-order valence-electron chi connectivity index (χ2n) is 7.89. The summed E-state index contributed by atoms with van der Waals surface area (Å²) >= 11 is 0. The lowest BCUT2D eigenvalue weighted by atomic mass is 9.98. The number of nitrogens with one attached hydrogen (secondary N) is 2. The van der Waals surface area contributed by atoms with Gasteiger partial charge in [0, 0.05) is 29.4 Å². The Labute approximate surface area is 184 Å². The van der Waals surface area contributed by atoms with E-state index in [2.05, 4.69) is 10.3 Å². The molecule has 0 saturated heterocycles. The van der Waals surface area contributed by atoms with Gasteiger partial charge in [-0.25, -0.2) is 4.79 Å². The Morgan fingerprint density at radius 1 is 0.938 bits per heavy atom. The van der Waals surface area contributed by atoms with Crippen molar-refractivity contribution in [3.8, 4) is 11.1 Å². The second kappa shape index (κ2) is 8.30. The highest BCUT2D eigenvalue weighted by molar-refractivity contribution is 5.86. The third-order valence-corrected chi connectivity index (χ3v) is 6.01. The third kappa shape index (κ3) is 3.64. The lowest BCUT2D eigenvalue weighted by Crippen LogP contribution is -2.41. The summed E-state index contributed by atoms with van der Waals surface area (Å²) in [6, 6.07) is 20.6. The highest BCUT2D eigenvalue weighted by Crippen LogP contribution is 2.44. The summed E-state index contributed by atoms with van der Waals surface area (Å²) in [5.74, 6) is -0.110. The van der Waals surface area contributed by atoms with E-state index in [1.165, 1.54) is 0 Å². The Hall–Kier alpha value is -3.93. The molecule has 4 aromatic rings. The maximum Gasteiger partial charge on any atom is 0.407 e. The zero-order valence-corrected chi connectivity index (χ0v) is 17.2. The Morgan fingerprint density at radius 2 is 1.56 bits per heavy atom. The third-order valence-electron chi connectivity index (χ3n) is 6.01. The topological polar surface area (TPSA) is 71.2 Å². The Balaban J connectivity index is 1.28. The van der Waals surface area contributed by atoms with Crippen molar-refractivity contribution in [2.45, 2.75) is 18.4 Å². The lowest BCUT2D eigenvalue weighted by Gasteiger charge is -2.17. The van der Waals surface area contributed by atoms with Crippen LogP contribution in [-0.2, 0) is 16.0 Å². The first-order valence-electron chi connectivity index (χ1n) is 10.5. The number of hydrogen-bond donors (Lipinski definition) is 2. The SMILES string of the molecule is O=C(NC(Cc1c[nH]c2ccccc12)C(=O)F)OCC1c2ccccc2-c2ccccc21. The highest BCUT2D eigenvalue weighted by atomic mass is 19.1. The van der Waals surface area contributed by atoms with E-state index in [0.717, 1.165) is 38.7 Å². The van der Waals surface area contributed by atoms with E-state index in [-0.39, 0.29) is 18.9 Å². The number of amides is 1. The molecule has 1 amide bonds. The number of benzene rings is 3. The average molecular weight is 428 g/mol. The average Bonchev–Trinajstić information content (AvgIpc) is 3.36. The smallest absolute Gasteiger partial charge is 0.407 e. The number of ether oxygens (including phenoxy) is 1. The molecule has 1 aliphatic carbocycles. The Kier molecular flexibility index (Phi) is 5.19. The van der Waals surface area contributed by atoms with Crippen molar-refractivity contribution in [2.75, 3.05) is 6.61 Å². The number of rotatable bonds is 6. The van der Waals surface area contributed by atoms with E-state index in [4.69, 9.17) is 4.74 Å². The number of alkyl carbamates (subject to hydrolysis) is 1. The van der Waals surface area contributed by atoms with Crippen LogP contribution in [0.4, 0.5) is 9.18 Å². The van der Waals surface area contributed by atoms with Gasteiger partial charge in [0.1, 0.15) is 12.6 Å². The molecule has 0 radical (unpaired) electrons. The summed E-state index contributed by atoms with van der Waals surface area (Å²) in [5.41, 5.74) is 6.03. The molecule has 1 atom stereocenters. The zero-order valence-electron chi connectivity index (χ0n) is 17.2. The van der Waals surface area contributed by atoms with Gasteiger partial charge in [-0.3, -0.25) is 4.79 Å². The summed E-state index contributed by atoms with van der Waals surface area (Å²) in [6.45, 7) is 0.0974. The van der Waals surface area contributed by atoms with Crippen LogP contribution >= 0.6 is 0 Å². The Morgan fingerprint density at radius 3 is 2.25 bits per heavy atom. The van der Waals surface area contributed by atoms with Crippen molar-refractivity contribution in [2.24, 2.45) is 0 Å². The summed E-state index contributed by atoms with van der Waals surface area (Å²) < 4.78 is 19.2. The molecular formula is C26H21FN2O3. The number of H-pyrrole nitrogens is 1. The molecule has 1 aromatic heterocycles. The van der Waals surface area contributed by atoms with Crippen LogP contribution in [0.15, 0.2) is 79.0 Å². The molecule has 5 rings (SSSR count). The van der Waals surface area contributed by atoms with Crippen molar-refractivity contribution >= 4 is 23.0 Å². The molecule has 0 saturated carbocycles. The number of carbonyl (C=O) groups is 2. The van der Waals surface area contributed by atoms with Gasteiger partial charge in [-0.1, -0.05) is 66.7 Å². The fourth-order valence-corrected chi connectivity index (χ4v) is 4.49. The molecule has 6 heteroatoms. The van der Waals surface area contributed by atoms with Crippen LogP contribution < -0.4 is 5.32 Å². The summed E-state index contributed by atoms with van der Waals surface area (Å²) in [5, 5.41) is 3.27. The highest BCUT2D eigenvalue weighted by Gasteiger charge is 2.30. The van der Waals surface area contributed by atoms with Gasteiger partial charge in [0.2, 0.25) is 0 Å². The molecule has 5 nitrogen and oxygen atoms in total. The standard InChI is InChI=1S/C26H21FN2O3/c27-25(30)24(13-16-14-28-23-12-6-5-7-17(16)23)29-26(31)32-15-22-20-10-3-1-8-18(20)19-9-2-4-11-21(19)22/h1-12,14,22,24,28H,13,15H2,(H,29,31). The number of aromatic nitrogens is 1. The molecule has 0 aliphatic heterocycles. The zero-order chi connectivity index (χ0) is 22.1. The van der Waals surface area contributed by atoms with Crippen LogP contribution in [0.2, 0.25) is 0 Å². The van der Waals surface area contributed by atoms with Crippen LogP contribution in [0, 0.1) is 0 Å². The fourth-order valence-electron chi connectivity index (χ4n) is 4.49. The largest absolute Gasteiger partial charge is 0.449 e. The lowest BCUT2D eigenvalue weighted by molar-refractivity contribution is -0.131. The number of carbonyl (C=O) groups excluding carboxylic acids is 2. The van der Waals surface area contributed by atoms with E-state index < -0.39 is 18.2 Å². The van der Waals surface area contributed by atoms with Crippen LogP contribution in [-0.4, -0.2) is 29.8 Å². The number of halogens is 1. The number of hydrogen-bond acceptors (Lipinski definition) is 3. The molecular weight excluding hydrogens is 407 g/mol. The van der Waals surface area contributed by atoms with Crippen molar-refractivity contribution < 1.29 is 18.7 Å². The maximum absolute atomic E-state index is 13.7. The van der Waals surface area contributed by atoms with Gasteiger partial charge in [-0.15, -0.1) is 0 Å². The first-order valence-corrected chi connectivity index (χ1v) is 10.5. The minimum atomic E-state index is -1.61. The monoisotopic (exact) mass is 428 g/mol. The summed E-state index contributed by atoms with van der Waals surface area (Å²) in [6.07, 6.45) is 0.937. The van der Waals surface area contributed by atoms with Gasteiger partial charge in [0.25, 0.3) is 0 Å². The van der Waals surface area contributed by atoms with Crippen LogP contribution in [0.25, 0.3) is 22.0 Å². The van der Waals surface area contributed by atoms with Gasteiger partial charge in [0.05, 0.1) is 0 Å². The van der Waals surface area contributed by atoms with Gasteiger partial charge in [0.15, 0.2) is 0 Å². The van der Waals surface area contributed by atoms with E-state index in [9.17, 15) is 14.0 Å². The molecule has 1 unspecified atom stereocenters. The fraction of sp³-hybridized carbons (Fsp3) is 0.154. The minimum absolute atomic E-state index is 0.0313. The van der Waals surface area contributed by atoms with E-state index >= 15 is 0 Å². The molecule has 32 heavy (non-hydrogen) atoms. The molecule has 2 N–H and O–H groups in total. The maximum atomic E-state index is 13.7. The molecule has 0 spiro atoms. The van der Waals surface area contributed by atoms with Crippen LogP contribution in [0.3, 0.4) is 0 Å². The van der Waals surface area contributed by atoms with Gasteiger partial charge in [-0.05, 0) is 33.9 Å². The summed E-state index contributed by atoms with van der Waals surface area (Å²) in [7, 11) is 0. The van der Waals surface area contributed by atoms with Crippen LogP contribution in [0.1, 0.15) is 22.6 Å². The molecule has 1 heterocycles. The Bertz CT molecular complexity index is 1270. The number of aromatic amines is 1. The predicted molar refractivity (Wildman–Crippen MR) is 120 cm³/mol. The van der Waals surface area contributed by atoms with Crippen molar-refractivity contribution in [3.05, 3.63) is 95.7 Å². The molecule has 1 aliphatic rings. The second-order valence-corrected chi connectivity index (χ2v) is 7.89. The molecule has 0 bridgehead atoms. The van der Waals surface area contributed by atoms with Crippen molar-refractivity contribution in [3.63, 3.8) is 0 Å². The van der Waals surface area contributed by atoms with Gasteiger partial charge in [-0.2, -0.15) is 4.39 Å². The normalized spacial score (nSPS) is 13.4. The number of para-hydroxylation sites is 1. The minimum Gasteiger partial charge on any atom is -0.449 e. The molecule has 0 fully saturated rings. The van der Waals surface area contributed by atoms with Crippen molar-refractivity contribution in [1.82, 2.24) is 10.3 Å². The quantitative estimate of drug-likeness (QED) is 0.419. The van der Waals surface area contributed by atoms with Crippen molar-refractivity contribution in [1.29, 1.82) is 0 Å². The van der Waals surface area contributed by atoms with Gasteiger partial charge < -0.3 is 15.0 Å². The number of fused-ring (bicyclic) bond motifs is 4. The van der Waals surface area contributed by atoms with E-state index in [1.807, 2.05) is 72.8 Å². The first-order chi connectivity index (χ1) is 15.6. The summed E-state index contributed by atoms with van der Waals surface area (Å²) in [4.78, 5) is 27.1. The van der Waals surface area contributed by atoms with E-state index in [0.29, 0.717) is 0 Å². The molecule has 160 valence electrons.